The molecule has 0 unspecified atom stereocenters. The number of rotatable bonds is 5. The second-order valence-electron chi connectivity index (χ2n) is 17.3. The van der Waals surface area contributed by atoms with Crippen LogP contribution in [-0.4, -0.2) is 21.6 Å². The second-order valence-corrected chi connectivity index (χ2v) is 17.3. The van der Waals surface area contributed by atoms with Gasteiger partial charge in [-0.1, -0.05) is 132 Å². The number of aliphatic imine (C=N–C) groups is 2. The van der Waals surface area contributed by atoms with Crippen molar-refractivity contribution >= 4 is 22.8 Å². The number of para-hydroxylation sites is 2. The van der Waals surface area contributed by atoms with E-state index in [4.69, 9.17) is 9.98 Å². The number of phenolic OH excluding ortho intramolecular Hbond substituents is 2. The van der Waals surface area contributed by atoms with Gasteiger partial charge in [0.15, 0.2) is 0 Å². The molecule has 49 heavy (non-hydrogen) atoms. The molecule has 0 amide bonds. The van der Waals surface area contributed by atoms with Gasteiger partial charge in [0, 0.05) is 64.3 Å². The van der Waals surface area contributed by atoms with Crippen molar-refractivity contribution < 1.29 is 29.7 Å². The molecule has 0 aromatic heterocycles. The smallest absolute Gasteiger partial charge is 0.128 e. The normalized spacial score (nSPS) is 13.3. The molecule has 4 aromatic carbocycles. The third-order valence-corrected chi connectivity index (χ3v) is 9.02. The Morgan fingerprint density at radius 2 is 0.776 bits per heavy atom. The molecule has 0 bridgehead atoms. The quantitative estimate of drug-likeness (QED) is 0.160. The van der Waals surface area contributed by atoms with Gasteiger partial charge in [0.2, 0.25) is 0 Å². The summed E-state index contributed by atoms with van der Waals surface area (Å²) in [6, 6.07) is 24.6. The Morgan fingerprint density at radius 1 is 0.469 bits per heavy atom. The topological polar surface area (TPSA) is 65.2 Å². The zero-order chi connectivity index (χ0) is 36.0. The Morgan fingerprint density at radius 3 is 1.06 bits per heavy atom. The Bertz CT molecular complexity index is 1750. The van der Waals surface area contributed by atoms with E-state index in [1.54, 1.807) is 0 Å². The summed E-state index contributed by atoms with van der Waals surface area (Å²) < 4.78 is 0. The molecule has 2 N–H and O–H groups in total. The SMILES string of the molecule is CC(=Nc1ccccc1-c1ccccc1N=C(C)c1cc(C(C)(C)C)cc(C(C)(C)C)c1O)c1cc(C(C)(C)C)cc(C(C)(C)C)c1O.[Zn]. The maximum Gasteiger partial charge on any atom is 0.128 e. The summed E-state index contributed by atoms with van der Waals surface area (Å²) in [5, 5.41) is 23.1. The first kappa shape index (κ1) is 39.9. The van der Waals surface area contributed by atoms with Crippen molar-refractivity contribution in [2.45, 2.75) is 119 Å². The van der Waals surface area contributed by atoms with Gasteiger partial charge in [0.25, 0.3) is 0 Å². The average molecular weight is 710 g/mol. The van der Waals surface area contributed by atoms with Crippen molar-refractivity contribution in [2.75, 3.05) is 0 Å². The van der Waals surface area contributed by atoms with E-state index in [0.29, 0.717) is 0 Å². The van der Waals surface area contributed by atoms with Gasteiger partial charge in [-0.05, 0) is 70.9 Å². The summed E-state index contributed by atoms with van der Waals surface area (Å²) in [6.07, 6.45) is 0. The van der Waals surface area contributed by atoms with Crippen LogP contribution in [0.15, 0.2) is 82.8 Å². The predicted molar refractivity (Wildman–Crippen MR) is 207 cm³/mol. The fourth-order valence-corrected chi connectivity index (χ4v) is 5.91. The van der Waals surface area contributed by atoms with Crippen LogP contribution >= 0.6 is 0 Å². The largest absolute Gasteiger partial charge is 0.507 e. The minimum Gasteiger partial charge on any atom is -0.507 e. The molecule has 256 valence electrons. The van der Waals surface area contributed by atoms with Gasteiger partial charge >= 0.3 is 0 Å². The summed E-state index contributed by atoms with van der Waals surface area (Å²) in [7, 11) is 0. The second kappa shape index (κ2) is 14.4. The van der Waals surface area contributed by atoms with Gasteiger partial charge in [-0.25, -0.2) is 0 Å². The monoisotopic (exact) mass is 708 g/mol. The number of phenols is 2. The maximum absolute atomic E-state index is 11.5. The molecular weight excluding hydrogens is 654 g/mol. The van der Waals surface area contributed by atoms with Crippen LogP contribution < -0.4 is 0 Å². The van der Waals surface area contributed by atoms with Gasteiger partial charge in [-0.3, -0.25) is 9.98 Å². The summed E-state index contributed by atoms with van der Waals surface area (Å²) >= 11 is 0. The summed E-state index contributed by atoms with van der Waals surface area (Å²) in [6.45, 7) is 29.9. The Kier molecular flexibility index (Phi) is 11.7. The van der Waals surface area contributed by atoms with E-state index < -0.39 is 0 Å². The van der Waals surface area contributed by atoms with E-state index in [2.05, 4.69) is 119 Å². The fourth-order valence-electron chi connectivity index (χ4n) is 5.91. The first-order valence-electron chi connectivity index (χ1n) is 17.1. The van der Waals surface area contributed by atoms with Crippen LogP contribution in [0.25, 0.3) is 11.1 Å². The number of benzene rings is 4. The van der Waals surface area contributed by atoms with Crippen molar-refractivity contribution in [3.05, 3.63) is 106 Å². The molecule has 0 aliphatic carbocycles. The van der Waals surface area contributed by atoms with Gasteiger partial charge in [0.05, 0.1) is 11.4 Å². The molecule has 4 rings (SSSR count). The number of hydrogen-bond acceptors (Lipinski definition) is 4. The number of hydrogen-bond donors (Lipinski definition) is 2. The van der Waals surface area contributed by atoms with Crippen LogP contribution in [-0.2, 0) is 41.1 Å². The zero-order valence-electron chi connectivity index (χ0n) is 32.4. The molecule has 4 nitrogen and oxygen atoms in total. The van der Waals surface area contributed by atoms with Crippen molar-refractivity contribution in [3.63, 3.8) is 0 Å². The van der Waals surface area contributed by atoms with E-state index in [1.807, 2.05) is 50.2 Å². The van der Waals surface area contributed by atoms with Crippen LogP contribution in [0.5, 0.6) is 11.5 Å². The van der Waals surface area contributed by atoms with Crippen LogP contribution in [0.1, 0.15) is 130 Å². The average Bonchev–Trinajstić information content (AvgIpc) is 2.95. The molecule has 0 heterocycles. The van der Waals surface area contributed by atoms with Crippen molar-refractivity contribution in [3.8, 4) is 22.6 Å². The third kappa shape index (κ3) is 8.98. The molecule has 0 aliphatic heterocycles. The fraction of sp³-hybridized carbons (Fsp3) is 0.409. The van der Waals surface area contributed by atoms with Crippen LogP contribution in [0.4, 0.5) is 11.4 Å². The number of aromatic hydroxyl groups is 2. The molecule has 0 fully saturated rings. The minimum absolute atomic E-state index is 0. The van der Waals surface area contributed by atoms with Gasteiger partial charge in [-0.2, -0.15) is 0 Å². The van der Waals surface area contributed by atoms with Crippen molar-refractivity contribution in [1.82, 2.24) is 0 Å². The Labute approximate surface area is 308 Å². The summed E-state index contributed by atoms with van der Waals surface area (Å²) in [5.74, 6) is 0.559. The molecule has 0 aliphatic rings. The molecule has 0 spiro atoms. The first-order chi connectivity index (χ1) is 22.0. The molecule has 0 saturated carbocycles. The van der Waals surface area contributed by atoms with Crippen molar-refractivity contribution in [2.24, 2.45) is 9.98 Å². The van der Waals surface area contributed by atoms with Crippen LogP contribution in [0.2, 0.25) is 0 Å². The summed E-state index contributed by atoms with van der Waals surface area (Å²) in [5.41, 5.74) is 9.93. The van der Waals surface area contributed by atoms with Crippen molar-refractivity contribution in [1.29, 1.82) is 0 Å². The van der Waals surface area contributed by atoms with Crippen LogP contribution in [0.3, 0.4) is 0 Å². The van der Waals surface area contributed by atoms with Gasteiger partial charge in [-0.15, -0.1) is 0 Å². The maximum atomic E-state index is 11.5. The van der Waals surface area contributed by atoms with E-state index in [9.17, 15) is 10.2 Å². The third-order valence-electron chi connectivity index (χ3n) is 9.02. The predicted octanol–water partition coefficient (Wildman–Crippen LogP) is 12.2. The number of nitrogens with zero attached hydrogens (tertiary/aromatic N) is 2. The van der Waals surface area contributed by atoms with Gasteiger partial charge < -0.3 is 10.2 Å². The van der Waals surface area contributed by atoms with E-state index in [-0.39, 0.29) is 52.6 Å². The standard InChI is InChI=1S/C44H56N2O2.Zn/c1-27(33-23-29(41(3,4)5)25-35(39(33)47)43(9,10)11)45-37-21-17-15-19-31(37)32-20-16-18-22-38(32)46-28(2)34-24-30(42(6,7)8)26-36(40(34)48)44(12,13)14;/h15-26,47-48H,1-14H3;. The first-order valence-corrected chi connectivity index (χ1v) is 17.1. The summed E-state index contributed by atoms with van der Waals surface area (Å²) in [4.78, 5) is 10.3. The van der Waals surface area contributed by atoms with Gasteiger partial charge in [0.1, 0.15) is 11.5 Å². The van der Waals surface area contributed by atoms with E-state index in [0.717, 1.165) is 67.3 Å². The van der Waals surface area contributed by atoms with Crippen LogP contribution in [0, 0.1) is 0 Å². The minimum atomic E-state index is -0.235. The Balaban J connectivity index is 0.00000650. The molecular formula is C44H56N2O2Zn. The molecule has 4 aromatic rings. The molecule has 5 heteroatoms. The van der Waals surface area contributed by atoms with E-state index >= 15 is 0 Å². The molecule has 0 saturated heterocycles. The zero-order valence-corrected chi connectivity index (χ0v) is 35.4. The van der Waals surface area contributed by atoms with E-state index in [1.165, 1.54) is 0 Å². The Hall–Kier alpha value is -3.56. The molecule has 0 atom stereocenters. The molecule has 0 radical (unpaired) electrons.